The van der Waals surface area contributed by atoms with E-state index in [1.807, 2.05) is 6.07 Å². The van der Waals surface area contributed by atoms with Gasteiger partial charge in [-0.3, -0.25) is 4.79 Å². The molecule has 2 aromatic carbocycles. The fourth-order valence-electron chi connectivity index (χ4n) is 5.86. The first-order valence-corrected chi connectivity index (χ1v) is 14.3. The molecule has 2 atom stereocenters. The fourth-order valence-corrected chi connectivity index (χ4v) is 6.07. The number of nitrogens with two attached hydrogens (primary N) is 1. The average molecular weight is 644 g/mol. The Morgan fingerprint density at radius 2 is 2.09 bits per heavy atom. The monoisotopic (exact) mass is 643 g/mol. The number of fused-ring (bicyclic) bond motifs is 3. The minimum absolute atomic E-state index is 0.0500. The molecule has 0 radical (unpaired) electrons. The lowest BCUT2D eigenvalue weighted by Gasteiger charge is -2.41. The normalized spacial score (nSPS) is 19.6. The Morgan fingerprint density at radius 3 is 2.80 bits per heavy atom. The number of aromatic nitrogens is 2. The number of carbonyl (C=O) groups is 1. The van der Waals surface area contributed by atoms with Crippen molar-refractivity contribution in [2.45, 2.75) is 30.8 Å². The predicted octanol–water partition coefficient (Wildman–Crippen LogP) is 5.21. The Morgan fingerprint density at radius 1 is 1.29 bits per heavy atom. The lowest BCUT2D eigenvalue weighted by atomic mass is 9.98. The fraction of sp³-hybridized carbons (Fsp3) is 0.333. The number of ether oxygens (including phenoxy) is 1. The van der Waals surface area contributed by atoms with E-state index in [1.54, 1.807) is 17.0 Å². The van der Waals surface area contributed by atoms with Gasteiger partial charge in [-0.15, -0.1) is 0 Å². The molecule has 45 heavy (non-hydrogen) atoms. The zero-order valence-corrected chi connectivity index (χ0v) is 24.4. The zero-order valence-electron chi connectivity index (χ0n) is 23.6. The van der Waals surface area contributed by atoms with E-state index in [4.69, 9.17) is 26.5 Å². The van der Waals surface area contributed by atoms with Crippen LogP contribution in [0.4, 0.5) is 29.1 Å². The van der Waals surface area contributed by atoms with Gasteiger partial charge in [0.15, 0.2) is 5.83 Å². The lowest BCUT2D eigenvalue weighted by molar-refractivity contribution is -0.131. The first-order chi connectivity index (χ1) is 21.5. The van der Waals surface area contributed by atoms with E-state index in [9.17, 15) is 27.6 Å². The zero-order chi connectivity index (χ0) is 32.0. The third-order valence-electron chi connectivity index (χ3n) is 7.91. The van der Waals surface area contributed by atoms with Crippen LogP contribution in [0.25, 0.3) is 33.0 Å². The molecule has 0 spiro atoms. The van der Waals surface area contributed by atoms with E-state index < -0.39 is 48.5 Å². The second-order valence-electron chi connectivity index (χ2n) is 11.0. The van der Waals surface area contributed by atoms with Gasteiger partial charge in [-0.25, -0.2) is 17.6 Å². The highest BCUT2D eigenvalue weighted by Gasteiger charge is 2.40. The summed E-state index contributed by atoms with van der Waals surface area (Å²) in [6, 6.07) is 6.48. The molecular weight excluding hydrogens is 618 g/mol. The van der Waals surface area contributed by atoms with Gasteiger partial charge in [0.1, 0.15) is 23.8 Å². The lowest BCUT2D eigenvalue weighted by Crippen LogP contribution is -2.55. The van der Waals surface area contributed by atoms with Crippen molar-refractivity contribution < 1.29 is 31.5 Å². The molecule has 4 aromatic rings. The van der Waals surface area contributed by atoms with Gasteiger partial charge in [0.05, 0.1) is 47.3 Å². The van der Waals surface area contributed by atoms with E-state index in [0.29, 0.717) is 33.3 Å². The largest absolute Gasteiger partial charge is 0.463 e. The van der Waals surface area contributed by atoms with Gasteiger partial charge in [0.25, 0.3) is 11.8 Å². The molecule has 0 saturated carbocycles. The van der Waals surface area contributed by atoms with Crippen LogP contribution in [0, 0.1) is 17.1 Å². The molecule has 234 valence electrons. The number of rotatable bonds is 7. The standard InChI is InChI=1S/C30H26ClF4N7O3/c1-15(32)28(43)42-6-5-41(12-18(42)2-4-36)27-24-23(39-29(40-27)45-13-17-11-30(34,35)14-38-17)10-20(19-3-7-44-26(19)24)21-8-16(37)9-22(33)25(21)31/h3,7-10,17-18,38H,1-2,5-6,11-14,37H2/t17-,18-/m0/s1. The number of halogens is 5. The molecular formula is C30H26ClF4N7O3. The number of nitrogens with one attached hydrogen (secondary N) is 1. The molecule has 10 nitrogen and oxygen atoms in total. The minimum atomic E-state index is -2.87. The van der Waals surface area contributed by atoms with E-state index in [2.05, 4.69) is 21.9 Å². The minimum Gasteiger partial charge on any atom is -0.463 e. The van der Waals surface area contributed by atoms with Gasteiger partial charge < -0.3 is 30.0 Å². The second-order valence-corrected chi connectivity index (χ2v) is 11.4. The molecule has 15 heteroatoms. The topological polar surface area (TPSA) is 134 Å². The number of anilines is 2. The molecule has 1 amide bonds. The molecule has 2 saturated heterocycles. The number of furan rings is 1. The number of benzene rings is 2. The number of nitrogens with zero attached hydrogens (tertiary/aromatic N) is 5. The van der Waals surface area contributed by atoms with Gasteiger partial charge in [0.2, 0.25) is 0 Å². The molecule has 2 aromatic heterocycles. The van der Waals surface area contributed by atoms with Gasteiger partial charge in [-0.05, 0) is 29.8 Å². The van der Waals surface area contributed by atoms with Crippen LogP contribution in [0.2, 0.25) is 5.02 Å². The van der Waals surface area contributed by atoms with Crippen molar-refractivity contribution in [3.63, 3.8) is 0 Å². The highest BCUT2D eigenvalue weighted by Crippen LogP contribution is 2.43. The van der Waals surface area contributed by atoms with E-state index in [0.717, 1.165) is 6.07 Å². The number of carbonyl (C=O) groups excluding carboxylic acids is 1. The summed E-state index contributed by atoms with van der Waals surface area (Å²) in [5, 5.41) is 13.0. The number of nitrogen functional groups attached to an aromatic ring is 1. The summed E-state index contributed by atoms with van der Waals surface area (Å²) in [7, 11) is 0. The highest BCUT2D eigenvalue weighted by molar-refractivity contribution is 6.34. The summed E-state index contributed by atoms with van der Waals surface area (Å²) < 4.78 is 67.8. The van der Waals surface area contributed by atoms with Crippen LogP contribution in [0.3, 0.4) is 0 Å². The van der Waals surface area contributed by atoms with Gasteiger partial charge in [-0.1, -0.05) is 18.2 Å². The predicted molar refractivity (Wildman–Crippen MR) is 159 cm³/mol. The maximum atomic E-state index is 14.7. The first kappa shape index (κ1) is 30.4. The Kier molecular flexibility index (Phi) is 7.92. The van der Waals surface area contributed by atoms with Crippen molar-refractivity contribution in [2.24, 2.45) is 0 Å². The molecule has 2 fully saturated rings. The number of piperazine rings is 1. The smallest absolute Gasteiger partial charge is 0.319 e. The Bertz CT molecular complexity index is 1880. The Labute approximate surface area is 259 Å². The van der Waals surface area contributed by atoms with Crippen molar-refractivity contribution in [2.75, 3.05) is 43.4 Å². The number of nitriles is 1. The average Bonchev–Trinajstić information content (AvgIpc) is 3.63. The van der Waals surface area contributed by atoms with Crippen molar-refractivity contribution in [3.05, 3.63) is 53.8 Å². The molecule has 0 aliphatic carbocycles. The van der Waals surface area contributed by atoms with Crippen molar-refractivity contribution in [3.8, 4) is 23.2 Å². The summed E-state index contributed by atoms with van der Waals surface area (Å²) in [6.07, 6.45) is 0.922. The molecule has 0 bridgehead atoms. The number of hydrogen-bond donors (Lipinski definition) is 2. The highest BCUT2D eigenvalue weighted by atomic mass is 35.5. The van der Waals surface area contributed by atoms with Crippen molar-refractivity contribution >= 4 is 50.9 Å². The molecule has 3 N–H and O–H groups in total. The number of amides is 1. The summed E-state index contributed by atoms with van der Waals surface area (Å²) in [5.41, 5.74) is 7.44. The van der Waals surface area contributed by atoms with Gasteiger partial charge in [0, 0.05) is 48.7 Å². The van der Waals surface area contributed by atoms with Crippen LogP contribution < -0.4 is 20.7 Å². The third-order valence-corrected chi connectivity index (χ3v) is 8.30. The Balaban J connectivity index is 1.48. The molecule has 0 unspecified atom stereocenters. The van der Waals surface area contributed by atoms with E-state index in [-0.39, 0.29) is 54.9 Å². The van der Waals surface area contributed by atoms with E-state index in [1.165, 1.54) is 17.2 Å². The van der Waals surface area contributed by atoms with Crippen molar-refractivity contribution in [1.29, 1.82) is 5.26 Å². The first-order valence-electron chi connectivity index (χ1n) is 13.9. The maximum absolute atomic E-state index is 14.7. The number of alkyl halides is 2. The summed E-state index contributed by atoms with van der Waals surface area (Å²) >= 11 is 6.37. The third kappa shape index (κ3) is 5.81. The Hall–Kier alpha value is -4.61. The molecule has 6 rings (SSSR count). The molecule has 2 aliphatic rings. The quantitative estimate of drug-likeness (QED) is 0.158. The van der Waals surface area contributed by atoms with Gasteiger partial charge in [-0.2, -0.15) is 15.2 Å². The van der Waals surface area contributed by atoms with Crippen LogP contribution in [0.15, 0.2) is 47.4 Å². The second kappa shape index (κ2) is 11.7. The van der Waals surface area contributed by atoms with Crippen LogP contribution in [0.5, 0.6) is 6.01 Å². The maximum Gasteiger partial charge on any atom is 0.319 e. The SMILES string of the molecule is C=C(F)C(=O)N1CCN(c2nc(OC[C@@H]3CC(F)(F)CN3)nc3cc(-c4cc(N)cc(F)c4Cl)c4ccoc4c23)C[C@@H]1CC#N. The van der Waals surface area contributed by atoms with Crippen molar-refractivity contribution in [1.82, 2.24) is 20.2 Å². The van der Waals surface area contributed by atoms with Crippen LogP contribution >= 0.6 is 11.6 Å². The molecule has 4 heterocycles. The summed E-state index contributed by atoms with van der Waals surface area (Å²) in [6.45, 7) is 2.79. The van der Waals surface area contributed by atoms with Crippen LogP contribution in [-0.2, 0) is 4.79 Å². The molecule has 2 aliphatic heterocycles. The van der Waals surface area contributed by atoms with Crippen LogP contribution in [0.1, 0.15) is 12.8 Å². The number of hydrogen-bond acceptors (Lipinski definition) is 9. The summed E-state index contributed by atoms with van der Waals surface area (Å²) in [5.74, 6) is -5.32. The van der Waals surface area contributed by atoms with Gasteiger partial charge >= 0.3 is 6.01 Å². The van der Waals surface area contributed by atoms with Crippen LogP contribution in [-0.4, -0.2) is 71.6 Å². The van der Waals surface area contributed by atoms with E-state index >= 15 is 0 Å². The summed E-state index contributed by atoms with van der Waals surface area (Å²) in [4.78, 5) is 24.7.